The van der Waals surface area contributed by atoms with Crippen molar-refractivity contribution < 1.29 is 9.72 Å². The zero-order chi connectivity index (χ0) is 21.5. The molecular weight excluding hydrogens is 398 g/mol. The van der Waals surface area contributed by atoms with Crippen molar-refractivity contribution in [2.45, 2.75) is 25.2 Å². The van der Waals surface area contributed by atoms with Crippen molar-refractivity contribution in [2.24, 2.45) is 5.92 Å². The summed E-state index contributed by atoms with van der Waals surface area (Å²) in [6, 6.07) is 25.8. The zero-order valence-corrected chi connectivity index (χ0v) is 17.5. The van der Waals surface area contributed by atoms with Crippen LogP contribution in [0.1, 0.15) is 46.7 Å². The van der Waals surface area contributed by atoms with Crippen molar-refractivity contribution in [1.29, 1.82) is 0 Å². The van der Waals surface area contributed by atoms with E-state index in [1.54, 1.807) is 24.3 Å². The number of nitro groups is 1. The van der Waals surface area contributed by atoms with Crippen LogP contribution in [0.25, 0.3) is 0 Å². The second-order valence-electron chi connectivity index (χ2n) is 7.35. The van der Waals surface area contributed by atoms with Crippen molar-refractivity contribution in [3.8, 4) is 0 Å². The predicted molar refractivity (Wildman–Crippen MR) is 120 cm³/mol. The van der Waals surface area contributed by atoms with E-state index >= 15 is 0 Å². The number of hydrogen-bond donors (Lipinski definition) is 0. The smallest absolute Gasteiger partial charge is 0.211 e. The van der Waals surface area contributed by atoms with Gasteiger partial charge in [-0.2, -0.15) is 0 Å². The molecular formula is C25H24ClNO3. The molecule has 0 bridgehead atoms. The standard InChI is InChI=1S/C25H24ClNO3/c1-2-22(19-13-15-21(26)16-14-19)24(25(28)20-11-7-4-8-12-20)23(17-27(29)30)18-9-5-3-6-10-18/h3-16,22-24H,2,17H2,1H3/t22-,23+,24+/m1/s1. The van der Waals surface area contributed by atoms with Crippen molar-refractivity contribution in [1.82, 2.24) is 0 Å². The zero-order valence-electron chi connectivity index (χ0n) is 16.8. The minimum absolute atomic E-state index is 0.0758. The molecule has 3 atom stereocenters. The molecule has 3 aromatic rings. The van der Waals surface area contributed by atoms with Crippen LogP contribution < -0.4 is 0 Å². The van der Waals surface area contributed by atoms with Gasteiger partial charge in [0.15, 0.2) is 5.78 Å². The fourth-order valence-corrected chi connectivity index (χ4v) is 4.26. The summed E-state index contributed by atoms with van der Waals surface area (Å²) in [6.45, 7) is 1.70. The lowest BCUT2D eigenvalue weighted by molar-refractivity contribution is -0.484. The maximum atomic E-state index is 13.7. The second-order valence-corrected chi connectivity index (χ2v) is 7.79. The number of rotatable bonds is 9. The minimum Gasteiger partial charge on any atom is -0.294 e. The molecule has 0 unspecified atom stereocenters. The molecule has 0 saturated carbocycles. The van der Waals surface area contributed by atoms with Gasteiger partial charge in [-0.25, -0.2) is 0 Å². The molecule has 4 nitrogen and oxygen atoms in total. The Morgan fingerprint density at radius 1 is 0.867 bits per heavy atom. The molecule has 0 saturated heterocycles. The molecule has 0 aliphatic carbocycles. The number of carbonyl (C=O) groups is 1. The van der Waals surface area contributed by atoms with Crippen LogP contribution >= 0.6 is 11.6 Å². The number of Topliss-reactive ketones (excluding diaryl/α,β-unsaturated/α-hetero) is 1. The van der Waals surface area contributed by atoms with Crippen molar-refractivity contribution in [2.75, 3.05) is 6.54 Å². The van der Waals surface area contributed by atoms with E-state index < -0.39 is 11.8 Å². The third-order valence-electron chi connectivity index (χ3n) is 5.54. The van der Waals surface area contributed by atoms with Gasteiger partial charge in [-0.1, -0.05) is 91.3 Å². The highest BCUT2D eigenvalue weighted by molar-refractivity contribution is 6.30. The van der Waals surface area contributed by atoms with E-state index in [0.29, 0.717) is 17.0 Å². The maximum Gasteiger partial charge on any atom is 0.211 e. The summed E-state index contributed by atoms with van der Waals surface area (Å²) in [7, 11) is 0. The number of nitrogens with zero attached hydrogens (tertiary/aromatic N) is 1. The number of benzene rings is 3. The van der Waals surface area contributed by atoms with E-state index in [9.17, 15) is 14.9 Å². The van der Waals surface area contributed by atoms with Gasteiger partial charge in [-0.15, -0.1) is 0 Å². The molecule has 0 aromatic heterocycles. The van der Waals surface area contributed by atoms with E-state index in [1.165, 1.54) is 0 Å². The molecule has 0 amide bonds. The number of carbonyl (C=O) groups excluding carboxylic acids is 1. The minimum atomic E-state index is -0.577. The average Bonchev–Trinajstić information content (AvgIpc) is 2.77. The molecule has 5 heteroatoms. The van der Waals surface area contributed by atoms with Crippen LogP contribution in [0.15, 0.2) is 84.9 Å². The Labute approximate surface area is 181 Å². The third kappa shape index (κ3) is 5.14. The summed E-state index contributed by atoms with van der Waals surface area (Å²) in [5.74, 6) is -1.38. The van der Waals surface area contributed by atoms with Gasteiger partial charge in [-0.3, -0.25) is 14.9 Å². The summed E-state index contributed by atoms with van der Waals surface area (Å²) in [4.78, 5) is 25.0. The molecule has 3 aromatic carbocycles. The van der Waals surface area contributed by atoms with Gasteiger partial charge < -0.3 is 0 Å². The van der Waals surface area contributed by atoms with Crippen LogP contribution in [0.5, 0.6) is 0 Å². The molecule has 30 heavy (non-hydrogen) atoms. The number of halogens is 1. The second kappa shape index (κ2) is 10.2. The first kappa shape index (κ1) is 21.7. The Kier molecular flexibility index (Phi) is 7.36. The van der Waals surface area contributed by atoms with Gasteiger partial charge >= 0.3 is 0 Å². The summed E-state index contributed by atoms with van der Waals surface area (Å²) in [6.07, 6.45) is 0.673. The van der Waals surface area contributed by atoms with Gasteiger partial charge in [0.25, 0.3) is 0 Å². The SMILES string of the molecule is CC[C@H](c1ccc(Cl)cc1)[C@H](C(=O)c1ccccc1)[C@@H](C[N+](=O)[O-])c1ccccc1. The molecule has 0 aliphatic rings. The Hall–Kier alpha value is -2.98. The first-order valence-corrected chi connectivity index (χ1v) is 10.4. The lowest BCUT2D eigenvalue weighted by Gasteiger charge is -2.31. The normalized spacial score (nSPS) is 13.9. The summed E-state index contributed by atoms with van der Waals surface area (Å²) < 4.78 is 0. The summed E-state index contributed by atoms with van der Waals surface area (Å²) >= 11 is 6.07. The van der Waals surface area contributed by atoms with Crippen LogP contribution in [0.2, 0.25) is 5.02 Å². The quantitative estimate of drug-likeness (QED) is 0.228. The first-order chi connectivity index (χ1) is 14.5. The molecule has 3 rings (SSSR count). The lowest BCUT2D eigenvalue weighted by Crippen LogP contribution is -2.32. The van der Waals surface area contributed by atoms with Gasteiger partial charge in [-0.05, 0) is 35.6 Å². The largest absolute Gasteiger partial charge is 0.294 e. The van der Waals surface area contributed by atoms with Crippen LogP contribution in [-0.2, 0) is 0 Å². The van der Waals surface area contributed by atoms with Gasteiger partial charge in [0.2, 0.25) is 6.54 Å². The Morgan fingerprint density at radius 3 is 1.93 bits per heavy atom. The maximum absolute atomic E-state index is 13.7. The monoisotopic (exact) mass is 421 g/mol. The lowest BCUT2D eigenvalue weighted by atomic mass is 9.70. The van der Waals surface area contributed by atoms with Crippen LogP contribution in [0.4, 0.5) is 0 Å². The van der Waals surface area contributed by atoms with E-state index in [1.807, 2.05) is 67.6 Å². The van der Waals surface area contributed by atoms with Gasteiger partial charge in [0.1, 0.15) is 0 Å². The molecule has 0 spiro atoms. The van der Waals surface area contributed by atoms with E-state index in [-0.39, 0.29) is 23.2 Å². The molecule has 0 N–H and O–H groups in total. The highest BCUT2D eigenvalue weighted by atomic mass is 35.5. The first-order valence-electron chi connectivity index (χ1n) is 10.0. The van der Waals surface area contributed by atoms with Crippen LogP contribution in [0, 0.1) is 16.0 Å². The average molecular weight is 422 g/mol. The van der Waals surface area contributed by atoms with Crippen molar-refractivity contribution >= 4 is 17.4 Å². The highest BCUT2D eigenvalue weighted by Gasteiger charge is 2.39. The fourth-order valence-electron chi connectivity index (χ4n) is 4.13. The van der Waals surface area contributed by atoms with E-state index in [2.05, 4.69) is 0 Å². The molecule has 0 heterocycles. The summed E-state index contributed by atoms with van der Waals surface area (Å²) in [5.41, 5.74) is 2.33. The fraction of sp³-hybridized carbons (Fsp3) is 0.240. The third-order valence-corrected chi connectivity index (χ3v) is 5.79. The van der Waals surface area contributed by atoms with E-state index in [0.717, 1.165) is 11.1 Å². The molecule has 0 radical (unpaired) electrons. The van der Waals surface area contributed by atoms with Gasteiger partial charge in [0.05, 0.1) is 5.92 Å². The molecule has 0 fully saturated rings. The Balaban J connectivity index is 2.14. The Morgan fingerprint density at radius 2 is 1.40 bits per heavy atom. The van der Waals surface area contributed by atoms with Crippen molar-refractivity contribution in [3.05, 3.63) is 117 Å². The van der Waals surface area contributed by atoms with Crippen molar-refractivity contribution in [3.63, 3.8) is 0 Å². The van der Waals surface area contributed by atoms with Gasteiger partial charge in [0, 0.05) is 21.4 Å². The molecule has 154 valence electrons. The Bertz CT molecular complexity index is 974. The van der Waals surface area contributed by atoms with E-state index in [4.69, 9.17) is 11.6 Å². The predicted octanol–water partition coefficient (Wildman–Crippen LogP) is 6.39. The number of ketones is 1. The summed E-state index contributed by atoms with van der Waals surface area (Å²) in [5, 5.41) is 12.2. The highest BCUT2D eigenvalue weighted by Crippen LogP contribution is 2.40. The van der Waals surface area contributed by atoms with Crippen LogP contribution in [0.3, 0.4) is 0 Å². The van der Waals surface area contributed by atoms with Crippen LogP contribution in [-0.4, -0.2) is 17.3 Å². The molecule has 0 aliphatic heterocycles. The number of hydrogen-bond acceptors (Lipinski definition) is 3. The topological polar surface area (TPSA) is 60.2 Å².